The number of carbonyl (C=O) groups is 2. The zero-order valence-corrected chi connectivity index (χ0v) is 20.3. The molecule has 0 radical (unpaired) electrons. The number of benzene rings is 3. The van der Waals surface area contributed by atoms with Crippen molar-refractivity contribution >= 4 is 39.0 Å². The van der Waals surface area contributed by atoms with E-state index in [1.165, 1.54) is 24.0 Å². The van der Waals surface area contributed by atoms with Gasteiger partial charge in [0.05, 0.1) is 7.11 Å². The number of amides is 1. The van der Waals surface area contributed by atoms with E-state index in [1.54, 1.807) is 0 Å². The van der Waals surface area contributed by atoms with Crippen molar-refractivity contribution in [2.24, 2.45) is 0 Å². The number of fused-ring (bicyclic) bond motifs is 1. The highest BCUT2D eigenvalue weighted by Crippen LogP contribution is 2.37. The van der Waals surface area contributed by atoms with E-state index in [0.29, 0.717) is 22.2 Å². The molecule has 1 amide bonds. The highest BCUT2D eigenvalue weighted by molar-refractivity contribution is 7.15. The largest absolute Gasteiger partial charge is 0.484 e. The van der Waals surface area contributed by atoms with E-state index < -0.39 is 5.97 Å². The lowest BCUT2D eigenvalue weighted by atomic mass is 9.95. The summed E-state index contributed by atoms with van der Waals surface area (Å²) < 4.78 is 10.7. The number of anilines is 1. The fraction of sp³-hybridized carbons (Fsp3) is 0.214. The molecule has 1 aromatic heterocycles. The first-order valence-corrected chi connectivity index (χ1v) is 12.1. The van der Waals surface area contributed by atoms with Crippen molar-refractivity contribution in [1.29, 1.82) is 0 Å². The van der Waals surface area contributed by atoms with Crippen LogP contribution in [-0.4, -0.2) is 25.6 Å². The predicted octanol–water partition coefficient (Wildman–Crippen LogP) is 6.89. The quantitative estimate of drug-likeness (QED) is 0.283. The van der Waals surface area contributed by atoms with Crippen LogP contribution in [0, 0.1) is 0 Å². The van der Waals surface area contributed by atoms with E-state index >= 15 is 0 Å². The Balaban J connectivity index is 1.50. The Morgan fingerprint density at radius 1 is 1.00 bits per heavy atom. The van der Waals surface area contributed by atoms with Gasteiger partial charge in [-0.2, -0.15) is 0 Å². The second-order valence-electron chi connectivity index (χ2n) is 8.12. The SMILES string of the molecule is CCC(C)c1ccc(-c2csc(NC(=O)COc3ccc4ccccc4c3)c2C(=O)OC)cc1. The molecule has 1 atom stereocenters. The molecule has 4 rings (SSSR count). The summed E-state index contributed by atoms with van der Waals surface area (Å²) in [6.45, 7) is 4.17. The van der Waals surface area contributed by atoms with Crippen LogP contribution in [-0.2, 0) is 9.53 Å². The highest BCUT2D eigenvalue weighted by Gasteiger charge is 2.22. The zero-order valence-electron chi connectivity index (χ0n) is 19.5. The molecule has 5 nitrogen and oxygen atoms in total. The summed E-state index contributed by atoms with van der Waals surface area (Å²) in [5, 5.41) is 7.27. The van der Waals surface area contributed by atoms with Gasteiger partial charge in [0.1, 0.15) is 16.3 Å². The first-order chi connectivity index (χ1) is 16.5. The molecule has 0 fully saturated rings. The highest BCUT2D eigenvalue weighted by atomic mass is 32.1. The third-order valence-electron chi connectivity index (χ3n) is 5.93. The summed E-state index contributed by atoms with van der Waals surface area (Å²) in [6.07, 6.45) is 1.06. The lowest BCUT2D eigenvalue weighted by Crippen LogP contribution is -2.21. The summed E-state index contributed by atoms with van der Waals surface area (Å²) in [4.78, 5) is 25.2. The lowest BCUT2D eigenvalue weighted by Gasteiger charge is -2.11. The van der Waals surface area contributed by atoms with Crippen LogP contribution in [0.4, 0.5) is 5.00 Å². The van der Waals surface area contributed by atoms with Gasteiger partial charge in [-0.15, -0.1) is 11.3 Å². The second kappa shape index (κ2) is 10.5. The van der Waals surface area contributed by atoms with E-state index in [9.17, 15) is 9.59 Å². The van der Waals surface area contributed by atoms with Gasteiger partial charge in [-0.1, -0.05) is 68.4 Å². The molecule has 0 bridgehead atoms. The summed E-state index contributed by atoms with van der Waals surface area (Å²) in [6, 6.07) is 21.8. The van der Waals surface area contributed by atoms with Crippen LogP contribution < -0.4 is 10.1 Å². The molecule has 6 heteroatoms. The maximum absolute atomic E-state index is 12.6. The molecular formula is C28H27NO4S. The van der Waals surface area contributed by atoms with E-state index in [-0.39, 0.29) is 12.5 Å². The number of hydrogen-bond acceptors (Lipinski definition) is 5. The molecule has 4 aromatic rings. The molecule has 34 heavy (non-hydrogen) atoms. The Morgan fingerprint density at radius 3 is 2.44 bits per heavy atom. The summed E-state index contributed by atoms with van der Waals surface area (Å²) in [5.41, 5.74) is 3.23. The first-order valence-electron chi connectivity index (χ1n) is 11.2. The molecular weight excluding hydrogens is 446 g/mol. The Hall–Kier alpha value is -3.64. The fourth-order valence-corrected chi connectivity index (χ4v) is 4.74. The zero-order chi connectivity index (χ0) is 24.1. The molecule has 1 N–H and O–H groups in total. The maximum atomic E-state index is 12.6. The normalized spacial score (nSPS) is 11.7. The van der Waals surface area contributed by atoms with Gasteiger partial charge >= 0.3 is 5.97 Å². The molecule has 0 aliphatic rings. The number of esters is 1. The minimum Gasteiger partial charge on any atom is -0.484 e. The number of rotatable bonds is 8. The number of carbonyl (C=O) groups excluding carboxylic acids is 2. The van der Waals surface area contributed by atoms with Crippen LogP contribution in [0.15, 0.2) is 72.1 Å². The molecule has 0 aliphatic heterocycles. The van der Waals surface area contributed by atoms with E-state index in [0.717, 1.165) is 28.3 Å². The molecule has 0 spiro atoms. The van der Waals surface area contributed by atoms with Crippen LogP contribution in [0.1, 0.15) is 42.1 Å². The smallest absolute Gasteiger partial charge is 0.341 e. The second-order valence-corrected chi connectivity index (χ2v) is 9.00. The Labute approximate surface area is 203 Å². The molecule has 0 saturated carbocycles. The summed E-state index contributed by atoms with van der Waals surface area (Å²) in [7, 11) is 1.34. The molecule has 1 unspecified atom stereocenters. The lowest BCUT2D eigenvalue weighted by molar-refractivity contribution is -0.118. The fourth-order valence-electron chi connectivity index (χ4n) is 3.76. The molecule has 0 aliphatic carbocycles. The molecule has 1 heterocycles. The maximum Gasteiger partial charge on any atom is 0.341 e. The van der Waals surface area contributed by atoms with Crippen molar-refractivity contribution in [3.05, 3.63) is 83.2 Å². The summed E-state index contributed by atoms with van der Waals surface area (Å²) >= 11 is 1.29. The minimum atomic E-state index is -0.493. The molecule has 3 aromatic carbocycles. The number of methoxy groups -OCH3 is 1. The van der Waals surface area contributed by atoms with Crippen LogP contribution in [0.2, 0.25) is 0 Å². The average molecular weight is 474 g/mol. The van der Waals surface area contributed by atoms with Gasteiger partial charge in [0.15, 0.2) is 6.61 Å². The molecule has 174 valence electrons. The Kier molecular flexibility index (Phi) is 7.28. The van der Waals surface area contributed by atoms with Crippen molar-refractivity contribution in [2.45, 2.75) is 26.2 Å². The van der Waals surface area contributed by atoms with E-state index in [4.69, 9.17) is 9.47 Å². The number of nitrogens with one attached hydrogen (secondary N) is 1. The number of thiophene rings is 1. The predicted molar refractivity (Wildman–Crippen MR) is 138 cm³/mol. The van der Waals surface area contributed by atoms with Gasteiger partial charge in [0, 0.05) is 10.9 Å². The van der Waals surface area contributed by atoms with Crippen LogP contribution in [0.5, 0.6) is 5.75 Å². The Morgan fingerprint density at radius 2 is 1.74 bits per heavy atom. The van der Waals surface area contributed by atoms with Crippen molar-refractivity contribution in [3.8, 4) is 16.9 Å². The van der Waals surface area contributed by atoms with Gasteiger partial charge < -0.3 is 14.8 Å². The van der Waals surface area contributed by atoms with E-state index in [2.05, 4.69) is 31.3 Å². The Bertz CT molecular complexity index is 1310. The first kappa shape index (κ1) is 23.5. The average Bonchev–Trinajstić information content (AvgIpc) is 3.29. The summed E-state index contributed by atoms with van der Waals surface area (Å²) in [5.74, 6) is 0.233. The van der Waals surface area contributed by atoms with Gasteiger partial charge in [0.2, 0.25) is 0 Å². The number of hydrogen-bond donors (Lipinski definition) is 1. The van der Waals surface area contributed by atoms with Gasteiger partial charge in [0.25, 0.3) is 5.91 Å². The monoisotopic (exact) mass is 473 g/mol. The van der Waals surface area contributed by atoms with Crippen molar-refractivity contribution in [1.82, 2.24) is 0 Å². The van der Waals surface area contributed by atoms with Gasteiger partial charge in [-0.3, -0.25) is 4.79 Å². The minimum absolute atomic E-state index is 0.171. The van der Waals surface area contributed by atoms with Crippen molar-refractivity contribution in [2.75, 3.05) is 19.0 Å². The number of ether oxygens (including phenoxy) is 2. The van der Waals surface area contributed by atoms with Crippen LogP contribution in [0.25, 0.3) is 21.9 Å². The van der Waals surface area contributed by atoms with Gasteiger partial charge in [-0.05, 0) is 46.4 Å². The van der Waals surface area contributed by atoms with Gasteiger partial charge in [-0.25, -0.2) is 4.79 Å². The van der Waals surface area contributed by atoms with Crippen LogP contribution in [0.3, 0.4) is 0 Å². The third-order valence-corrected chi connectivity index (χ3v) is 6.82. The topological polar surface area (TPSA) is 64.6 Å². The molecule has 0 saturated heterocycles. The van der Waals surface area contributed by atoms with Crippen molar-refractivity contribution < 1.29 is 19.1 Å². The van der Waals surface area contributed by atoms with E-state index in [1.807, 2.05) is 60.0 Å². The van der Waals surface area contributed by atoms with Crippen molar-refractivity contribution in [3.63, 3.8) is 0 Å². The van der Waals surface area contributed by atoms with Crippen LogP contribution >= 0.6 is 11.3 Å². The third kappa shape index (κ3) is 5.13. The standard InChI is InChI=1S/C28H27NO4S/c1-4-18(2)19-9-11-21(12-10-19)24-17-34-27(26(24)28(31)32-3)29-25(30)16-33-23-14-13-20-7-5-6-8-22(20)15-23/h5-15,17-18H,4,16H2,1-3H3,(H,29,30).